The van der Waals surface area contributed by atoms with Crippen LogP contribution in [0.5, 0.6) is 0 Å². The lowest BCUT2D eigenvalue weighted by molar-refractivity contribution is 0.362. The largest absolute Gasteiger partial charge is 0.417 e. The van der Waals surface area contributed by atoms with Crippen LogP contribution in [0.15, 0.2) is 6.07 Å². The van der Waals surface area contributed by atoms with Crippen LogP contribution in [0.3, 0.4) is 0 Å². The molecule has 0 unspecified atom stereocenters. The Morgan fingerprint density at radius 3 is 2.12 bits per heavy atom. The summed E-state index contributed by atoms with van der Waals surface area (Å²) in [6, 6.07) is 1.29. The van der Waals surface area contributed by atoms with Gasteiger partial charge in [-0.15, -0.1) is 5.20 Å². The van der Waals surface area contributed by atoms with Crippen molar-refractivity contribution in [1.29, 1.82) is 0 Å². The minimum absolute atomic E-state index is 0.0288. The zero-order valence-electron chi connectivity index (χ0n) is 7.34. The van der Waals surface area contributed by atoms with E-state index in [1.165, 1.54) is 6.07 Å². The molecule has 1 aromatic rings. The fourth-order valence-corrected chi connectivity index (χ4v) is 2.07. The maximum atomic E-state index is 10.6. The lowest BCUT2D eigenvalue weighted by Crippen LogP contribution is -2.18. The van der Waals surface area contributed by atoms with Gasteiger partial charge in [0.25, 0.3) is 0 Å². The number of anilines is 1. The van der Waals surface area contributed by atoms with Crippen LogP contribution >= 0.6 is 54.2 Å². The Labute approximate surface area is 111 Å². The number of hydrazine groups is 1. The first-order valence-corrected chi connectivity index (χ1v) is 6.76. The SMILES string of the molecule is O=P(O)(O)NNc1c(Cl)cc(Cl)c(Cl)c1Cl. The van der Waals surface area contributed by atoms with E-state index in [0.29, 0.717) is 0 Å². The zero-order chi connectivity index (χ0) is 12.5. The van der Waals surface area contributed by atoms with Crippen LogP contribution in [0.1, 0.15) is 0 Å². The Morgan fingerprint density at radius 1 is 1.06 bits per heavy atom. The van der Waals surface area contributed by atoms with Gasteiger partial charge in [-0.2, -0.15) is 0 Å². The molecule has 0 saturated heterocycles. The first kappa shape index (κ1) is 14.4. The Balaban J connectivity index is 3.06. The van der Waals surface area contributed by atoms with Crippen molar-refractivity contribution in [3.05, 3.63) is 26.2 Å². The van der Waals surface area contributed by atoms with Gasteiger partial charge in [0.2, 0.25) is 0 Å². The molecule has 0 aliphatic heterocycles. The van der Waals surface area contributed by atoms with Crippen molar-refractivity contribution < 1.29 is 14.4 Å². The van der Waals surface area contributed by atoms with Crippen LogP contribution in [-0.2, 0) is 4.57 Å². The quantitative estimate of drug-likeness (QED) is 0.297. The Morgan fingerprint density at radius 2 is 1.62 bits per heavy atom. The number of nitrogens with one attached hydrogen (secondary N) is 2. The van der Waals surface area contributed by atoms with Gasteiger partial charge in [-0.05, 0) is 6.07 Å². The average Bonchev–Trinajstić information content (AvgIpc) is 2.12. The fourth-order valence-electron chi connectivity index (χ4n) is 0.810. The highest BCUT2D eigenvalue weighted by molar-refractivity contribution is 7.49. The summed E-state index contributed by atoms with van der Waals surface area (Å²) in [4.78, 5) is 17.2. The summed E-state index contributed by atoms with van der Waals surface area (Å²) in [5.41, 5.74) is 2.20. The lowest BCUT2D eigenvalue weighted by Gasteiger charge is -2.13. The van der Waals surface area contributed by atoms with E-state index in [4.69, 9.17) is 56.2 Å². The Kier molecular flexibility index (Phi) is 4.75. The van der Waals surface area contributed by atoms with Gasteiger partial charge in [-0.25, -0.2) is 4.57 Å². The molecular formula is C6H5Cl4N2O3P. The molecule has 0 aliphatic rings. The second-order valence-corrected chi connectivity index (χ2v) is 5.51. The summed E-state index contributed by atoms with van der Waals surface area (Å²) in [6.45, 7) is 0. The normalized spacial score (nSPS) is 11.6. The molecule has 0 atom stereocenters. The number of benzene rings is 1. The number of hydrogen-bond donors (Lipinski definition) is 4. The van der Waals surface area contributed by atoms with Gasteiger partial charge in [-0.3, -0.25) is 0 Å². The predicted octanol–water partition coefficient (Wildman–Crippen LogP) is 3.31. The lowest BCUT2D eigenvalue weighted by atomic mass is 10.3. The zero-order valence-corrected chi connectivity index (χ0v) is 11.3. The van der Waals surface area contributed by atoms with Crippen LogP contribution in [-0.4, -0.2) is 9.79 Å². The molecule has 0 fully saturated rings. The van der Waals surface area contributed by atoms with Crippen LogP contribution in [0.2, 0.25) is 20.1 Å². The number of rotatable bonds is 3. The third-order valence-electron chi connectivity index (χ3n) is 1.44. The molecule has 90 valence electrons. The first-order chi connectivity index (χ1) is 7.22. The van der Waals surface area contributed by atoms with Crippen molar-refractivity contribution >= 4 is 59.8 Å². The topological polar surface area (TPSA) is 81.6 Å². The van der Waals surface area contributed by atoms with Crippen molar-refractivity contribution in [2.24, 2.45) is 0 Å². The third kappa shape index (κ3) is 3.65. The van der Waals surface area contributed by atoms with E-state index in [0.717, 1.165) is 0 Å². The molecule has 16 heavy (non-hydrogen) atoms. The van der Waals surface area contributed by atoms with E-state index in [2.05, 4.69) is 5.43 Å². The van der Waals surface area contributed by atoms with E-state index >= 15 is 0 Å². The van der Waals surface area contributed by atoms with Gasteiger partial charge >= 0.3 is 7.75 Å². The monoisotopic (exact) mass is 324 g/mol. The minimum Gasteiger partial charge on any atom is -0.311 e. The van der Waals surface area contributed by atoms with E-state index in [1.807, 2.05) is 0 Å². The van der Waals surface area contributed by atoms with Crippen LogP contribution < -0.4 is 10.6 Å². The van der Waals surface area contributed by atoms with Crippen molar-refractivity contribution in [3.63, 3.8) is 0 Å². The number of hydrogen-bond acceptors (Lipinski definition) is 2. The molecule has 0 spiro atoms. The van der Waals surface area contributed by atoms with E-state index in [9.17, 15) is 4.57 Å². The van der Waals surface area contributed by atoms with Crippen molar-refractivity contribution in [3.8, 4) is 0 Å². The van der Waals surface area contributed by atoms with E-state index < -0.39 is 7.75 Å². The maximum absolute atomic E-state index is 10.6. The van der Waals surface area contributed by atoms with Crippen molar-refractivity contribution in [2.75, 3.05) is 5.43 Å². The summed E-state index contributed by atoms with van der Waals surface area (Å²) < 4.78 is 10.6. The molecular weight excluding hydrogens is 321 g/mol. The summed E-state index contributed by atoms with van der Waals surface area (Å²) in [7, 11) is -4.45. The summed E-state index contributed by atoms with van der Waals surface area (Å²) >= 11 is 22.9. The Hall–Kier alpha value is 0.290. The molecule has 5 nitrogen and oxygen atoms in total. The Bertz CT molecular complexity index is 464. The molecule has 0 aliphatic carbocycles. The fraction of sp³-hybridized carbons (Fsp3) is 0. The van der Waals surface area contributed by atoms with Gasteiger partial charge in [0, 0.05) is 0 Å². The van der Waals surface area contributed by atoms with Gasteiger partial charge < -0.3 is 15.2 Å². The van der Waals surface area contributed by atoms with E-state index in [1.54, 1.807) is 5.20 Å². The van der Waals surface area contributed by atoms with Gasteiger partial charge in [0.1, 0.15) is 0 Å². The minimum atomic E-state index is -4.45. The summed E-state index contributed by atoms with van der Waals surface area (Å²) in [6.07, 6.45) is 0. The highest BCUT2D eigenvalue weighted by Gasteiger charge is 2.17. The third-order valence-corrected chi connectivity index (χ3v) is 3.40. The first-order valence-electron chi connectivity index (χ1n) is 3.64. The molecule has 1 aromatic carbocycles. The van der Waals surface area contributed by atoms with Gasteiger partial charge in [0.05, 0.1) is 25.8 Å². The standard InChI is InChI=1S/C6H5Cl4N2O3P/c7-2-1-3(8)6(5(10)4(2)9)11-12-16(13,14)15/h1,11H,(H3,12,13,14,15). The second kappa shape index (κ2) is 5.29. The van der Waals surface area contributed by atoms with Crippen LogP contribution in [0.25, 0.3) is 0 Å². The molecule has 0 heterocycles. The molecule has 0 bridgehead atoms. The highest BCUT2D eigenvalue weighted by atomic mass is 35.5. The van der Waals surface area contributed by atoms with Crippen LogP contribution in [0.4, 0.5) is 5.69 Å². The predicted molar refractivity (Wildman–Crippen MR) is 65.3 cm³/mol. The van der Waals surface area contributed by atoms with E-state index in [-0.39, 0.29) is 25.8 Å². The molecule has 4 N–H and O–H groups in total. The smallest absolute Gasteiger partial charge is 0.311 e. The van der Waals surface area contributed by atoms with Gasteiger partial charge in [-0.1, -0.05) is 46.4 Å². The van der Waals surface area contributed by atoms with Crippen molar-refractivity contribution in [1.82, 2.24) is 5.20 Å². The number of halogens is 4. The maximum Gasteiger partial charge on any atom is 0.417 e. The van der Waals surface area contributed by atoms with Crippen LogP contribution in [0, 0.1) is 0 Å². The van der Waals surface area contributed by atoms with Crippen molar-refractivity contribution in [2.45, 2.75) is 0 Å². The molecule has 1 rings (SSSR count). The van der Waals surface area contributed by atoms with Gasteiger partial charge in [0.15, 0.2) is 0 Å². The second-order valence-electron chi connectivity index (χ2n) is 2.62. The summed E-state index contributed by atoms with van der Waals surface area (Å²) in [5.74, 6) is 0. The molecule has 0 amide bonds. The summed E-state index contributed by atoms with van der Waals surface area (Å²) in [5, 5.41) is 1.91. The molecule has 10 heteroatoms. The average molecular weight is 326 g/mol. The highest BCUT2D eigenvalue weighted by Crippen LogP contribution is 2.41. The molecule has 0 aromatic heterocycles. The molecule has 0 radical (unpaired) electrons. The molecule has 0 saturated carbocycles.